The molecule has 17 heavy (non-hydrogen) atoms. The Hall–Kier alpha value is -1.96. The molecule has 0 heterocycles. The van der Waals surface area contributed by atoms with E-state index < -0.39 is 0 Å². The second-order valence-corrected chi connectivity index (χ2v) is 4.24. The number of methoxy groups -OCH3 is 1. The minimum absolute atomic E-state index is 0.836. The molecule has 0 radical (unpaired) electrons. The first-order valence-corrected chi connectivity index (χ1v) is 5.63. The van der Waals surface area contributed by atoms with Crippen LogP contribution in [0.2, 0.25) is 0 Å². The van der Waals surface area contributed by atoms with Gasteiger partial charge in [-0.3, -0.25) is 0 Å². The Kier molecular flexibility index (Phi) is 3.05. The normalized spacial score (nSPS) is 10.3. The highest BCUT2D eigenvalue weighted by atomic mass is 16.5. The highest BCUT2D eigenvalue weighted by molar-refractivity contribution is 5.71. The minimum Gasteiger partial charge on any atom is -0.497 e. The average molecular weight is 227 g/mol. The van der Waals surface area contributed by atoms with Gasteiger partial charge in [0.2, 0.25) is 0 Å². The summed E-state index contributed by atoms with van der Waals surface area (Å²) in [5.41, 5.74) is 11.4. The first-order valence-electron chi connectivity index (χ1n) is 5.63. The number of anilines is 1. The molecule has 0 saturated heterocycles. The third kappa shape index (κ3) is 2.26. The van der Waals surface area contributed by atoms with Crippen molar-refractivity contribution in [2.24, 2.45) is 0 Å². The Labute approximate surface area is 102 Å². The molecule has 0 aliphatic rings. The molecule has 0 atom stereocenters. The molecule has 0 aliphatic heterocycles. The van der Waals surface area contributed by atoms with Crippen molar-refractivity contribution in [3.8, 4) is 16.9 Å². The molecule has 0 amide bonds. The van der Waals surface area contributed by atoms with Crippen LogP contribution in [0.3, 0.4) is 0 Å². The van der Waals surface area contributed by atoms with Crippen molar-refractivity contribution in [3.63, 3.8) is 0 Å². The smallest absolute Gasteiger partial charge is 0.119 e. The monoisotopic (exact) mass is 227 g/mol. The summed E-state index contributed by atoms with van der Waals surface area (Å²) in [5.74, 6) is 0.860. The van der Waals surface area contributed by atoms with Crippen LogP contribution in [0.4, 0.5) is 5.69 Å². The summed E-state index contributed by atoms with van der Waals surface area (Å²) in [6, 6.07) is 12.2. The van der Waals surface area contributed by atoms with Gasteiger partial charge in [0.15, 0.2) is 0 Å². The van der Waals surface area contributed by atoms with E-state index in [0.29, 0.717) is 0 Å². The van der Waals surface area contributed by atoms with Gasteiger partial charge in [0, 0.05) is 5.69 Å². The van der Waals surface area contributed by atoms with Crippen LogP contribution in [0.25, 0.3) is 11.1 Å². The summed E-state index contributed by atoms with van der Waals surface area (Å²) in [6.07, 6.45) is 0. The van der Waals surface area contributed by atoms with Crippen molar-refractivity contribution in [1.29, 1.82) is 0 Å². The quantitative estimate of drug-likeness (QED) is 0.796. The first kappa shape index (κ1) is 11.5. The lowest BCUT2D eigenvalue weighted by atomic mass is 9.99. The van der Waals surface area contributed by atoms with Gasteiger partial charge in [-0.15, -0.1) is 0 Å². The number of hydrogen-bond donors (Lipinski definition) is 1. The van der Waals surface area contributed by atoms with Gasteiger partial charge in [-0.2, -0.15) is 0 Å². The zero-order chi connectivity index (χ0) is 12.4. The van der Waals surface area contributed by atoms with Gasteiger partial charge < -0.3 is 10.5 Å². The van der Waals surface area contributed by atoms with E-state index in [4.69, 9.17) is 10.5 Å². The van der Waals surface area contributed by atoms with Gasteiger partial charge in [-0.1, -0.05) is 18.2 Å². The summed E-state index contributed by atoms with van der Waals surface area (Å²) in [4.78, 5) is 0. The van der Waals surface area contributed by atoms with Crippen molar-refractivity contribution in [2.45, 2.75) is 13.8 Å². The molecular weight excluding hydrogens is 210 g/mol. The van der Waals surface area contributed by atoms with Crippen LogP contribution in [0.5, 0.6) is 5.75 Å². The topological polar surface area (TPSA) is 35.2 Å². The fraction of sp³-hybridized carbons (Fsp3) is 0.200. The molecule has 2 N–H and O–H groups in total. The van der Waals surface area contributed by atoms with Crippen molar-refractivity contribution < 1.29 is 4.74 Å². The lowest BCUT2D eigenvalue weighted by Gasteiger charge is -2.10. The Morgan fingerprint density at radius 1 is 1.00 bits per heavy atom. The van der Waals surface area contributed by atoms with E-state index >= 15 is 0 Å². The summed E-state index contributed by atoms with van der Waals surface area (Å²) < 4.78 is 5.23. The van der Waals surface area contributed by atoms with E-state index in [1.165, 1.54) is 5.56 Å². The predicted molar refractivity (Wildman–Crippen MR) is 72.3 cm³/mol. The second-order valence-electron chi connectivity index (χ2n) is 4.24. The molecule has 0 fully saturated rings. The lowest BCUT2D eigenvalue weighted by Crippen LogP contribution is -1.93. The van der Waals surface area contributed by atoms with Gasteiger partial charge in [-0.25, -0.2) is 0 Å². The van der Waals surface area contributed by atoms with Crippen LogP contribution in [0, 0.1) is 13.8 Å². The van der Waals surface area contributed by atoms with Crippen LogP contribution in [-0.2, 0) is 0 Å². The molecule has 0 unspecified atom stereocenters. The van der Waals surface area contributed by atoms with Crippen LogP contribution < -0.4 is 10.5 Å². The third-order valence-corrected chi connectivity index (χ3v) is 3.11. The highest BCUT2D eigenvalue weighted by Gasteiger charge is 2.04. The molecule has 2 rings (SSSR count). The number of hydrogen-bond acceptors (Lipinski definition) is 2. The molecule has 0 aromatic heterocycles. The highest BCUT2D eigenvalue weighted by Crippen LogP contribution is 2.28. The minimum atomic E-state index is 0.836. The van der Waals surface area contributed by atoms with E-state index in [-0.39, 0.29) is 0 Å². The molecular formula is C15H17NO. The Balaban J connectivity index is 2.52. The SMILES string of the molecule is COc1cccc(-c2cc(C)c(C)c(N)c2)c1. The largest absolute Gasteiger partial charge is 0.497 e. The fourth-order valence-corrected chi connectivity index (χ4v) is 1.86. The second kappa shape index (κ2) is 4.50. The first-order chi connectivity index (χ1) is 8.11. The van der Waals surface area contributed by atoms with E-state index in [9.17, 15) is 0 Å². The predicted octanol–water partition coefficient (Wildman–Crippen LogP) is 3.56. The third-order valence-electron chi connectivity index (χ3n) is 3.11. The summed E-state index contributed by atoms with van der Waals surface area (Å²) in [6.45, 7) is 4.12. The molecule has 2 aromatic rings. The summed E-state index contributed by atoms with van der Waals surface area (Å²) >= 11 is 0. The molecule has 0 saturated carbocycles. The number of ether oxygens (including phenoxy) is 1. The zero-order valence-electron chi connectivity index (χ0n) is 10.4. The van der Waals surface area contributed by atoms with Crippen LogP contribution in [0.1, 0.15) is 11.1 Å². The van der Waals surface area contributed by atoms with E-state index in [0.717, 1.165) is 28.1 Å². The maximum absolute atomic E-state index is 6.00. The fourth-order valence-electron chi connectivity index (χ4n) is 1.86. The number of nitrogens with two attached hydrogens (primary N) is 1. The number of nitrogen functional groups attached to an aromatic ring is 1. The molecule has 88 valence electrons. The van der Waals surface area contributed by atoms with Crippen molar-refractivity contribution in [3.05, 3.63) is 47.5 Å². The molecule has 2 aromatic carbocycles. The number of aryl methyl sites for hydroxylation is 1. The van der Waals surface area contributed by atoms with Crippen LogP contribution in [-0.4, -0.2) is 7.11 Å². The molecule has 0 aliphatic carbocycles. The van der Waals surface area contributed by atoms with Crippen molar-refractivity contribution in [2.75, 3.05) is 12.8 Å². The summed E-state index contributed by atoms with van der Waals surface area (Å²) in [5, 5.41) is 0. The van der Waals surface area contributed by atoms with Crippen LogP contribution >= 0.6 is 0 Å². The van der Waals surface area contributed by atoms with Crippen LogP contribution in [0.15, 0.2) is 36.4 Å². The van der Waals surface area contributed by atoms with Crippen molar-refractivity contribution in [1.82, 2.24) is 0 Å². The number of benzene rings is 2. The molecule has 2 nitrogen and oxygen atoms in total. The maximum Gasteiger partial charge on any atom is 0.119 e. The standard InChI is InChI=1S/C15H17NO/c1-10-7-13(9-15(16)11(10)2)12-5-4-6-14(8-12)17-3/h4-9H,16H2,1-3H3. The number of rotatable bonds is 2. The Morgan fingerprint density at radius 2 is 1.76 bits per heavy atom. The molecule has 2 heteroatoms. The van der Waals surface area contributed by atoms with Gasteiger partial charge >= 0.3 is 0 Å². The van der Waals surface area contributed by atoms with Gasteiger partial charge in [0.05, 0.1) is 7.11 Å². The van der Waals surface area contributed by atoms with E-state index in [2.05, 4.69) is 19.1 Å². The van der Waals surface area contributed by atoms with E-state index in [1.54, 1.807) is 7.11 Å². The zero-order valence-corrected chi connectivity index (χ0v) is 10.4. The molecule has 0 spiro atoms. The average Bonchev–Trinajstić information content (AvgIpc) is 2.35. The van der Waals surface area contributed by atoms with Gasteiger partial charge in [0.25, 0.3) is 0 Å². The Bertz CT molecular complexity index is 523. The van der Waals surface area contributed by atoms with Gasteiger partial charge in [0.1, 0.15) is 5.75 Å². The molecule has 0 bridgehead atoms. The van der Waals surface area contributed by atoms with Gasteiger partial charge in [-0.05, 0) is 54.3 Å². The Morgan fingerprint density at radius 3 is 2.41 bits per heavy atom. The maximum atomic E-state index is 6.00. The van der Waals surface area contributed by atoms with E-state index in [1.807, 2.05) is 31.2 Å². The lowest BCUT2D eigenvalue weighted by molar-refractivity contribution is 0.415. The summed E-state index contributed by atoms with van der Waals surface area (Å²) in [7, 11) is 1.67. The van der Waals surface area contributed by atoms with Crippen molar-refractivity contribution >= 4 is 5.69 Å².